The molecule has 1 aromatic carbocycles. The largest absolute Gasteiger partial charge is 0.293 e. The molecule has 0 saturated carbocycles. The van der Waals surface area contributed by atoms with Crippen LogP contribution in [0.3, 0.4) is 0 Å². The van der Waals surface area contributed by atoms with E-state index < -0.39 is 5.38 Å². The molecule has 0 aliphatic rings. The summed E-state index contributed by atoms with van der Waals surface area (Å²) in [6.45, 7) is 1.61. The topological polar surface area (TPSA) is 40.9 Å². The molecule has 1 atom stereocenters. The number of carbonyl (C=O) groups excluding carboxylic acids is 1. The summed E-state index contributed by atoms with van der Waals surface area (Å²) >= 11 is 5.63. The normalized spacial score (nSPS) is 11.8. The van der Waals surface area contributed by atoms with Gasteiger partial charge in [0, 0.05) is 5.56 Å². The number of alkyl halides is 1. The molecular formula is C10H8ClNO. The maximum Gasteiger partial charge on any atom is 0.180 e. The fraction of sp³-hybridized carbons (Fsp3) is 0.200. The maximum atomic E-state index is 11.4. The smallest absolute Gasteiger partial charge is 0.180 e. The van der Waals surface area contributed by atoms with E-state index in [9.17, 15) is 4.79 Å². The number of benzene rings is 1. The van der Waals surface area contributed by atoms with Gasteiger partial charge >= 0.3 is 0 Å². The van der Waals surface area contributed by atoms with Crippen LogP contribution in [-0.4, -0.2) is 11.2 Å². The summed E-state index contributed by atoms with van der Waals surface area (Å²) in [6.07, 6.45) is 0. The van der Waals surface area contributed by atoms with Crippen molar-refractivity contribution in [2.45, 2.75) is 12.3 Å². The third-order valence-corrected chi connectivity index (χ3v) is 1.84. The van der Waals surface area contributed by atoms with E-state index in [0.717, 1.165) is 0 Å². The molecule has 0 radical (unpaired) electrons. The van der Waals surface area contributed by atoms with Crippen molar-refractivity contribution in [2.75, 3.05) is 0 Å². The van der Waals surface area contributed by atoms with Crippen LogP contribution in [0.25, 0.3) is 0 Å². The Morgan fingerprint density at radius 2 is 2.31 bits per heavy atom. The summed E-state index contributed by atoms with van der Waals surface area (Å²) in [5, 5.41) is 8.04. The van der Waals surface area contributed by atoms with Crippen LogP contribution in [0.4, 0.5) is 0 Å². The van der Waals surface area contributed by atoms with E-state index >= 15 is 0 Å². The zero-order valence-electron chi connectivity index (χ0n) is 7.12. The number of hydrogen-bond acceptors (Lipinski definition) is 2. The molecule has 0 bridgehead atoms. The van der Waals surface area contributed by atoms with Crippen molar-refractivity contribution in [3.8, 4) is 6.07 Å². The molecule has 0 N–H and O–H groups in total. The first-order valence-electron chi connectivity index (χ1n) is 3.83. The molecule has 66 valence electrons. The average molecular weight is 194 g/mol. The lowest BCUT2D eigenvalue weighted by Gasteiger charge is -2.01. The summed E-state index contributed by atoms with van der Waals surface area (Å²) in [5.41, 5.74) is 0.963. The van der Waals surface area contributed by atoms with E-state index in [1.807, 2.05) is 6.07 Å². The minimum atomic E-state index is -0.547. The van der Waals surface area contributed by atoms with E-state index in [2.05, 4.69) is 0 Å². The summed E-state index contributed by atoms with van der Waals surface area (Å²) < 4.78 is 0. The highest BCUT2D eigenvalue weighted by atomic mass is 35.5. The van der Waals surface area contributed by atoms with E-state index in [1.54, 1.807) is 31.2 Å². The number of hydrogen-bond donors (Lipinski definition) is 0. The molecule has 13 heavy (non-hydrogen) atoms. The zero-order chi connectivity index (χ0) is 9.84. The van der Waals surface area contributed by atoms with Crippen LogP contribution in [0.1, 0.15) is 22.8 Å². The zero-order valence-corrected chi connectivity index (χ0v) is 7.88. The van der Waals surface area contributed by atoms with Gasteiger partial charge in [0.05, 0.1) is 17.0 Å². The van der Waals surface area contributed by atoms with Gasteiger partial charge in [0.1, 0.15) is 0 Å². The van der Waals surface area contributed by atoms with Gasteiger partial charge in [-0.15, -0.1) is 11.6 Å². The Kier molecular flexibility index (Phi) is 3.05. The Bertz CT molecular complexity index is 365. The Labute approximate surface area is 81.7 Å². The molecule has 0 spiro atoms. The van der Waals surface area contributed by atoms with Gasteiger partial charge in [-0.3, -0.25) is 4.79 Å². The van der Waals surface area contributed by atoms with Gasteiger partial charge in [0.25, 0.3) is 0 Å². The van der Waals surface area contributed by atoms with Gasteiger partial charge < -0.3 is 0 Å². The minimum absolute atomic E-state index is 0.154. The van der Waals surface area contributed by atoms with Crippen LogP contribution in [0.15, 0.2) is 24.3 Å². The van der Waals surface area contributed by atoms with Crippen LogP contribution in [0.5, 0.6) is 0 Å². The quantitative estimate of drug-likeness (QED) is 0.535. The SMILES string of the molecule is CC(Cl)C(=O)c1cccc(C#N)c1. The molecule has 0 aliphatic carbocycles. The second-order valence-electron chi connectivity index (χ2n) is 2.67. The van der Waals surface area contributed by atoms with Crippen molar-refractivity contribution < 1.29 is 4.79 Å². The van der Waals surface area contributed by atoms with E-state index in [-0.39, 0.29) is 5.78 Å². The van der Waals surface area contributed by atoms with Crippen molar-refractivity contribution in [3.05, 3.63) is 35.4 Å². The molecule has 1 unspecified atom stereocenters. The second kappa shape index (κ2) is 4.06. The van der Waals surface area contributed by atoms with Crippen LogP contribution in [-0.2, 0) is 0 Å². The fourth-order valence-corrected chi connectivity index (χ4v) is 1.10. The Morgan fingerprint density at radius 3 is 2.85 bits per heavy atom. The van der Waals surface area contributed by atoms with Crippen molar-refractivity contribution >= 4 is 17.4 Å². The molecule has 1 rings (SSSR count). The standard InChI is InChI=1S/C10H8ClNO/c1-7(11)10(13)9-4-2-3-8(5-9)6-12/h2-5,7H,1H3. The first-order chi connectivity index (χ1) is 6.15. The molecule has 2 nitrogen and oxygen atoms in total. The highest BCUT2D eigenvalue weighted by molar-refractivity contribution is 6.33. The van der Waals surface area contributed by atoms with Gasteiger partial charge in [-0.2, -0.15) is 5.26 Å². The average Bonchev–Trinajstić information content (AvgIpc) is 2.16. The predicted octanol–water partition coefficient (Wildman–Crippen LogP) is 2.37. The molecule has 0 fully saturated rings. The molecule has 0 amide bonds. The molecule has 3 heteroatoms. The van der Waals surface area contributed by atoms with Crippen LogP contribution < -0.4 is 0 Å². The van der Waals surface area contributed by atoms with Gasteiger partial charge in [-0.25, -0.2) is 0 Å². The van der Waals surface area contributed by atoms with Crippen LogP contribution in [0.2, 0.25) is 0 Å². The van der Waals surface area contributed by atoms with Crippen molar-refractivity contribution in [1.82, 2.24) is 0 Å². The first kappa shape index (κ1) is 9.76. The molecule has 1 aromatic rings. The van der Waals surface area contributed by atoms with Gasteiger partial charge in [0.15, 0.2) is 5.78 Å². The molecule has 0 aromatic heterocycles. The molecule has 0 aliphatic heterocycles. The number of halogens is 1. The highest BCUT2D eigenvalue weighted by Gasteiger charge is 2.11. The number of nitriles is 1. The first-order valence-corrected chi connectivity index (χ1v) is 4.27. The van der Waals surface area contributed by atoms with E-state index in [4.69, 9.17) is 16.9 Å². The fourth-order valence-electron chi connectivity index (χ4n) is 0.972. The van der Waals surface area contributed by atoms with Crippen LogP contribution in [0, 0.1) is 11.3 Å². The third-order valence-electron chi connectivity index (χ3n) is 1.64. The highest BCUT2D eigenvalue weighted by Crippen LogP contribution is 2.09. The Morgan fingerprint density at radius 1 is 1.62 bits per heavy atom. The van der Waals surface area contributed by atoms with Crippen molar-refractivity contribution in [3.63, 3.8) is 0 Å². The van der Waals surface area contributed by atoms with Gasteiger partial charge in [-0.05, 0) is 19.1 Å². The maximum absolute atomic E-state index is 11.4. The van der Waals surface area contributed by atoms with Gasteiger partial charge in [-0.1, -0.05) is 12.1 Å². The van der Waals surface area contributed by atoms with Crippen molar-refractivity contribution in [1.29, 1.82) is 5.26 Å². The molecule has 0 saturated heterocycles. The Hall–Kier alpha value is -1.33. The van der Waals surface area contributed by atoms with Gasteiger partial charge in [0.2, 0.25) is 0 Å². The number of Topliss-reactive ketones (excluding diaryl/α,β-unsaturated/α-hetero) is 1. The lowest BCUT2D eigenvalue weighted by atomic mass is 10.1. The molecule has 0 heterocycles. The third kappa shape index (κ3) is 2.30. The lowest BCUT2D eigenvalue weighted by Crippen LogP contribution is -2.10. The van der Waals surface area contributed by atoms with Crippen LogP contribution >= 0.6 is 11.6 Å². The monoisotopic (exact) mass is 193 g/mol. The minimum Gasteiger partial charge on any atom is -0.293 e. The van der Waals surface area contributed by atoms with E-state index in [0.29, 0.717) is 11.1 Å². The van der Waals surface area contributed by atoms with E-state index in [1.165, 1.54) is 0 Å². The Balaban J connectivity index is 3.04. The molecular weight excluding hydrogens is 186 g/mol. The number of ketones is 1. The number of carbonyl (C=O) groups is 1. The summed E-state index contributed by atoms with van der Waals surface area (Å²) in [6, 6.07) is 8.48. The lowest BCUT2D eigenvalue weighted by molar-refractivity contribution is 0.0991. The van der Waals surface area contributed by atoms with Crippen molar-refractivity contribution in [2.24, 2.45) is 0 Å². The number of rotatable bonds is 2. The predicted molar refractivity (Wildman–Crippen MR) is 50.8 cm³/mol. The number of nitrogens with zero attached hydrogens (tertiary/aromatic N) is 1. The summed E-state index contributed by atoms with van der Waals surface area (Å²) in [4.78, 5) is 11.4. The summed E-state index contributed by atoms with van der Waals surface area (Å²) in [5.74, 6) is -0.154. The summed E-state index contributed by atoms with van der Waals surface area (Å²) in [7, 11) is 0. The second-order valence-corrected chi connectivity index (χ2v) is 3.33.